The number of ether oxygens (including phenoxy) is 2. The van der Waals surface area contributed by atoms with Crippen molar-refractivity contribution in [3.63, 3.8) is 0 Å². The molecule has 2 amide bonds. The molecule has 0 aliphatic carbocycles. The molecule has 1 aliphatic rings. The van der Waals surface area contributed by atoms with Crippen LogP contribution in [0.15, 0.2) is 65.2 Å². The van der Waals surface area contributed by atoms with Crippen molar-refractivity contribution < 1.29 is 19.1 Å². The molecule has 0 radical (unpaired) electrons. The number of nitrogens with zero attached hydrogens (tertiary/aromatic N) is 1. The summed E-state index contributed by atoms with van der Waals surface area (Å²) in [6.07, 6.45) is 3.05. The smallest absolute Gasteiger partial charge is 0.265 e. The molecule has 1 aliphatic heterocycles. The lowest BCUT2D eigenvalue weighted by Gasteiger charge is -2.27. The van der Waals surface area contributed by atoms with Crippen LogP contribution in [0.4, 0.5) is 0 Å². The summed E-state index contributed by atoms with van der Waals surface area (Å²) in [4.78, 5) is 26.4. The molecule has 0 unspecified atom stereocenters. The molecule has 3 rings (SSSR count). The summed E-state index contributed by atoms with van der Waals surface area (Å²) in [6.45, 7) is 6.49. The summed E-state index contributed by atoms with van der Waals surface area (Å²) >= 11 is 8.60. The maximum absolute atomic E-state index is 12.8. The van der Waals surface area contributed by atoms with Crippen molar-refractivity contribution in [3.8, 4) is 11.5 Å². The third-order valence-electron chi connectivity index (χ3n) is 4.37. The fourth-order valence-corrected chi connectivity index (χ4v) is 3.78. The van der Waals surface area contributed by atoms with E-state index >= 15 is 0 Å². The average Bonchev–Trinajstić information content (AvgIpc) is 2.74. The van der Waals surface area contributed by atoms with Crippen molar-refractivity contribution in [2.45, 2.75) is 13.5 Å². The number of carbonyl (C=O) groups is 2. The number of hydrogen-bond donors (Lipinski definition) is 1. The van der Waals surface area contributed by atoms with Gasteiger partial charge in [0.1, 0.15) is 12.2 Å². The van der Waals surface area contributed by atoms with Gasteiger partial charge in [-0.1, -0.05) is 36.4 Å². The standard InChI is InChI=1S/C23H21BrN2O4S/c1-3-10-26-22(28)17(21(27)25-23(26)31)11-16-12-18(24)20(19(13-16)29-4-2)30-14-15-8-6-5-7-9-15/h3,5-9,11-13H,1,4,10,14H2,2H3,(H,25,27,31)/b17-11+. The minimum absolute atomic E-state index is 0.0252. The summed E-state index contributed by atoms with van der Waals surface area (Å²) in [5.41, 5.74) is 1.60. The van der Waals surface area contributed by atoms with Crippen molar-refractivity contribution in [3.05, 3.63) is 76.3 Å². The Hall–Kier alpha value is -2.97. The first kappa shape index (κ1) is 22.7. The molecule has 2 aromatic carbocycles. The lowest BCUT2D eigenvalue weighted by Crippen LogP contribution is -2.53. The molecule has 0 spiro atoms. The quantitative estimate of drug-likeness (QED) is 0.254. The largest absolute Gasteiger partial charge is 0.490 e. The van der Waals surface area contributed by atoms with Gasteiger partial charge < -0.3 is 9.47 Å². The second-order valence-electron chi connectivity index (χ2n) is 6.56. The zero-order chi connectivity index (χ0) is 22.4. The topological polar surface area (TPSA) is 67.9 Å². The molecule has 6 nitrogen and oxygen atoms in total. The van der Waals surface area contributed by atoms with E-state index < -0.39 is 11.8 Å². The second kappa shape index (κ2) is 10.4. The number of benzene rings is 2. The number of nitrogens with one attached hydrogen (secondary N) is 1. The van der Waals surface area contributed by atoms with Crippen LogP contribution in [0.1, 0.15) is 18.1 Å². The number of thiocarbonyl (C=S) groups is 1. The number of halogens is 1. The van der Waals surface area contributed by atoms with Crippen molar-refractivity contribution in [1.29, 1.82) is 0 Å². The number of rotatable bonds is 8. The molecule has 8 heteroatoms. The first-order chi connectivity index (χ1) is 14.9. The van der Waals surface area contributed by atoms with Gasteiger partial charge in [-0.15, -0.1) is 6.58 Å². The fourth-order valence-electron chi connectivity index (χ4n) is 2.96. The van der Waals surface area contributed by atoms with E-state index in [1.807, 2.05) is 37.3 Å². The fraction of sp³-hybridized carbons (Fsp3) is 0.174. The minimum atomic E-state index is -0.547. The average molecular weight is 501 g/mol. The molecule has 0 atom stereocenters. The van der Waals surface area contributed by atoms with Gasteiger partial charge in [0.15, 0.2) is 16.6 Å². The highest BCUT2D eigenvalue weighted by molar-refractivity contribution is 9.10. The Kier molecular flexibility index (Phi) is 7.59. The van der Waals surface area contributed by atoms with E-state index in [2.05, 4.69) is 27.8 Å². The van der Waals surface area contributed by atoms with E-state index in [4.69, 9.17) is 21.7 Å². The molecular formula is C23H21BrN2O4S. The molecule has 0 bridgehead atoms. The molecule has 160 valence electrons. The van der Waals surface area contributed by atoms with Crippen molar-refractivity contribution >= 4 is 51.2 Å². The van der Waals surface area contributed by atoms with E-state index in [1.165, 1.54) is 11.0 Å². The van der Waals surface area contributed by atoms with Crippen molar-refractivity contribution in [2.24, 2.45) is 0 Å². The van der Waals surface area contributed by atoms with Crippen LogP contribution in [0.3, 0.4) is 0 Å². The van der Waals surface area contributed by atoms with Crippen LogP contribution in [0, 0.1) is 0 Å². The Bertz CT molecular complexity index is 1050. The van der Waals surface area contributed by atoms with Gasteiger partial charge in [-0.2, -0.15) is 0 Å². The summed E-state index contributed by atoms with van der Waals surface area (Å²) < 4.78 is 12.4. The zero-order valence-corrected chi connectivity index (χ0v) is 19.3. The van der Waals surface area contributed by atoms with Gasteiger partial charge in [-0.3, -0.25) is 19.8 Å². The van der Waals surface area contributed by atoms with Crippen molar-refractivity contribution in [1.82, 2.24) is 10.2 Å². The normalized spacial score (nSPS) is 15.1. The number of carbonyl (C=O) groups excluding carboxylic acids is 2. The molecule has 1 N–H and O–H groups in total. The molecular weight excluding hydrogens is 480 g/mol. The van der Waals surface area contributed by atoms with E-state index in [-0.39, 0.29) is 17.2 Å². The van der Waals surface area contributed by atoms with E-state index in [9.17, 15) is 9.59 Å². The molecule has 0 saturated carbocycles. The first-order valence-corrected chi connectivity index (χ1v) is 10.8. The Morgan fingerprint density at radius 1 is 1.19 bits per heavy atom. The van der Waals surface area contributed by atoms with Crippen LogP contribution in [-0.2, 0) is 16.2 Å². The highest BCUT2D eigenvalue weighted by atomic mass is 79.9. The monoisotopic (exact) mass is 500 g/mol. The van der Waals surface area contributed by atoms with Crippen LogP contribution < -0.4 is 14.8 Å². The summed E-state index contributed by atoms with van der Waals surface area (Å²) in [7, 11) is 0. The Balaban J connectivity index is 1.92. The maximum atomic E-state index is 12.8. The van der Waals surface area contributed by atoms with Gasteiger partial charge in [0.2, 0.25) is 0 Å². The molecule has 1 fully saturated rings. The van der Waals surface area contributed by atoms with Crippen LogP contribution in [0.25, 0.3) is 6.08 Å². The van der Waals surface area contributed by atoms with Gasteiger partial charge in [0, 0.05) is 6.54 Å². The summed E-state index contributed by atoms with van der Waals surface area (Å²) in [5.74, 6) is 0.0180. The minimum Gasteiger partial charge on any atom is -0.490 e. The highest BCUT2D eigenvalue weighted by Gasteiger charge is 2.32. The van der Waals surface area contributed by atoms with Crippen LogP contribution in [0.5, 0.6) is 11.5 Å². The molecule has 1 saturated heterocycles. The van der Waals surface area contributed by atoms with Gasteiger partial charge in [0.25, 0.3) is 11.8 Å². The highest BCUT2D eigenvalue weighted by Crippen LogP contribution is 2.38. The Morgan fingerprint density at radius 2 is 1.94 bits per heavy atom. The van der Waals surface area contributed by atoms with E-state index in [0.29, 0.717) is 34.7 Å². The molecule has 2 aromatic rings. The van der Waals surface area contributed by atoms with Gasteiger partial charge >= 0.3 is 0 Å². The molecule has 31 heavy (non-hydrogen) atoms. The zero-order valence-electron chi connectivity index (χ0n) is 16.9. The van der Waals surface area contributed by atoms with Crippen LogP contribution >= 0.6 is 28.1 Å². The van der Waals surface area contributed by atoms with E-state index in [1.54, 1.807) is 18.2 Å². The first-order valence-electron chi connectivity index (χ1n) is 9.57. The summed E-state index contributed by atoms with van der Waals surface area (Å²) in [5, 5.41) is 2.60. The third kappa shape index (κ3) is 5.39. The van der Waals surface area contributed by atoms with Crippen LogP contribution in [0.2, 0.25) is 0 Å². The lowest BCUT2D eigenvalue weighted by atomic mass is 10.1. The second-order valence-corrected chi connectivity index (χ2v) is 7.80. The van der Waals surface area contributed by atoms with Crippen LogP contribution in [-0.4, -0.2) is 35.0 Å². The van der Waals surface area contributed by atoms with Gasteiger partial charge in [0.05, 0.1) is 11.1 Å². The Morgan fingerprint density at radius 3 is 2.61 bits per heavy atom. The molecule has 1 heterocycles. The predicted octanol–water partition coefficient (Wildman–Crippen LogP) is 4.24. The SMILES string of the molecule is C=CCN1C(=O)/C(=C/c2cc(Br)c(OCc3ccccc3)c(OCC)c2)C(=O)NC1=S. The van der Waals surface area contributed by atoms with Gasteiger partial charge in [-0.05, 0) is 64.4 Å². The molecule has 0 aromatic heterocycles. The predicted molar refractivity (Wildman–Crippen MR) is 127 cm³/mol. The Labute approximate surface area is 194 Å². The number of amides is 2. The third-order valence-corrected chi connectivity index (χ3v) is 5.28. The van der Waals surface area contributed by atoms with E-state index in [0.717, 1.165) is 5.56 Å². The lowest BCUT2D eigenvalue weighted by molar-refractivity contribution is -0.128. The van der Waals surface area contributed by atoms with Crippen molar-refractivity contribution in [2.75, 3.05) is 13.2 Å². The van der Waals surface area contributed by atoms with Gasteiger partial charge in [-0.25, -0.2) is 0 Å². The summed E-state index contributed by atoms with van der Waals surface area (Å²) in [6, 6.07) is 13.3. The number of hydrogen-bond acceptors (Lipinski definition) is 5. The maximum Gasteiger partial charge on any atom is 0.265 e.